The van der Waals surface area contributed by atoms with Gasteiger partial charge in [0.15, 0.2) is 0 Å². The molecule has 0 heterocycles. The van der Waals surface area contributed by atoms with Crippen molar-refractivity contribution < 1.29 is 50.4 Å². The molecule has 0 bridgehead atoms. The average Bonchev–Trinajstić information content (AvgIpc) is 1.96. The van der Waals surface area contributed by atoms with Gasteiger partial charge < -0.3 is 20.9 Å². The molecule has 0 radical (unpaired) electrons. The minimum atomic E-state index is -0.960. The van der Waals surface area contributed by atoms with Gasteiger partial charge in [-0.3, -0.25) is 0 Å². The number of hydrogen-bond donors (Lipinski definition) is 0. The van der Waals surface area contributed by atoms with Crippen LogP contribution >= 0.6 is 0 Å². The van der Waals surface area contributed by atoms with Gasteiger partial charge in [-0.2, -0.15) is 0 Å². The Morgan fingerprint density at radius 3 is 2.29 bits per heavy atom. The standard InChI is InChI=1S/C9H14O2.Na.2H2O/c1-2-3-4-5-6-7-8-9(10)11;;;/h2-4H,1,5-8H2,(H,10,11);;2*1H2/q;+1;;/p-1. The van der Waals surface area contributed by atoms with E-state index in [1.165, 1.54) is 0 Å². The Balaban J connectivity index is -0.000000167. The van der Waals surface area contributed by atoms with Gasteiger partial charge in [0.25, 0.3) is 0 Å². The van der Waals surface area contributed by atoms with E-state index in [1.807, 2.05) is 12.2 Å². The van der Waals surface area contributed by atoms with Crippen molar-refractivity contribution in [3.05, 3.63) is 24.8 Å². The molecule has 0 unspecified atom stereocenters. The van der Waals surface area contributed by atoms with E-state index in [1.54, 1.807) is 6.08 Å². The summed E-state index contributed by atoms with van der Waals surface area (Å²) in [5.74, 6) is -0.960. The van der Waals surface area contributed by atoms with Crippen LogP contribution in [0.1, 0.15) is 25.7 Å². The van der Waals surface area contributed by atoms with Gasteiger partial charge in [-0.1, -0.05) is 24.8 Å². The molecular formula is C9H17NaO4. The summed E-state index contributed by atoms with van der Waals surface area (Å²) < 4.78 is 0. The number of aliphatic carboxylic acids is 1. The Morgan fingerprint density at radius 1 is 1.29 bits per heavy atom. The van der Waals surface area contributed by atoms with Crippen LogP contribution in [0.15, 0.2) is 24.8 Å². The predicted octanol–water partition coefficient (Wildman–Crippen LogP) is -3.61. The third-order valence-electron chi connectivity index (χ3n) is 1.27. The summed E-state index contributed by atoms with van der Waals surface area (Å²) in [7, 11) is 0. The van der Waals surface area contributed by atoms with Gasteiger partial charge in [0.1, 0.15) is 0 Å². The van der Waals surface area contributed by atoms with Crippen molar-refractivity contribution in [2.75, 3.05) is 0 Å². The van der Waals surface area contributed by atoms with Gasteiger partial charge in [-0.25, -0.2) is 0 Å². The molecule has 0 saturated heterocycles. The number of unbranched alkanes of at least 4 members (excludes halogenated alkanes) is 2. The van der Waals surface area contributed by atoms with Crippen LogP contribution in [0.4, 0.5) is 0 Å². The van der Waals surface area contributed by atoms with Crippen LogP contribution in [0.2, 0.25) is 0 Å². The van der Waals surface area contributed by atoms with Gasteiger partial charge >= 0.3 is 29.6 Å². The van der Waals surface area contributed by atoms with E-state index < -0.39 is 5.97 Å². The molecule has 4 nitrogen and oxygen atoms in total. The van der Waals surface area contributed by atoms with Crippen molar-refractivity contribution in [3.63, 3.8) is 0 Å². The Bertz CT molecular complexity index is 157. The molecule has 0 atom stereocenters. The second kappa shape index (κ2) is 18.6. The van der Waals surface area contributed by atoms with Crippen molar-refractivity contribution in [1.29, 1.82) is 0 Å². The van der Waals surface area contributed by atoms with Gasteiger partial charge in [-0.15, -0.1) is 0 Å². The average molecular weight is 212 g/mol. The maximum atomic E-state index is 9.94. The minimum Gasteiger partial charge on any atom is -0.550 e. The molecule has 0 aromatic carbocycles. The zero-order valence-corrected chi connectivity index (χ0v) is 10.6. The number of carboxylic acids is 1. The fraction of sp³-hybridized carbons (Fsp3) is 0.444. The first-order valence-electron chi connectivity index (χ1n) is 3.74. The number of carbonyl (C=O) groups is 1. The van der Waals surface area contributed by atoms with E-state index in [9.17, 15) is 9.90 Å². The largest absolute Gasteiger partial charge is 1.00 e. The Morgan fingerprint density at radius 2 is 1.86 bits per heavy atom. The summed E-state index contributed by atoms with van der Waals surface area (Å²) in [6.45, 7) is 3.52. The molecule has 0 aromatic rings. The summed E-state index contributed by atoms with van der Waals surface area (Å²) in [5.41, 5.74) is 0. The number of carbonyl (C=O) groups excluding carboxylic acids is 1. The van der Waals surface area contributed by atoms with Crippen molar-refractivity contribution in [2.24, 2.45) is 0 Å². The molecule has 4 N–H and O–H groups in total. The van der Waals surface area contributed by atoms with Crippen molar-refractivity contribution >= 4 is 5.97 Å². The van der Waals surface area contributed by atoms with E-state index in [0.717, 1.165) is 12.8 Å². The van der Waals surface area contributed by atoms with Crippen LogP contribution in [-0.4, -0.2) is 16.9 Å². The summed E-state index contributed by atoms with van der Waals surface area (Å²) >= 11 is 0. The van der Waals surface area contributed by atoms with Crippen molar-refractivity contribution in [2.45, 2.75) is 25.7 Å². The summed E-state index contributed by atoms with van der Waals surface area (Å²) in [5, 5.41) is 9.94. The third kappa shape index (κ3) is 22.6. The summed E-state index contributed by atoms with van der Waals surface area (Å²) in [4.78, 5) is 9.94. The molecule has 5 heteroatoms. The molecule has 0 aromatic heterocycles. The quantitative estimate of drug-likeness (QED) is 0.258. The Hall–Kier alpha value is -0.130. The summed E-state index contributed by atoms with van der Waals surface area (Å²) in [6, 6.07) is 0. The molecule has 0 spiro atoms. The second-order valence-electron chi connectivity index (χ2n) is 2.28. The van der Waals surface area contributed by atoms with Gasteiger partial charge in [-0.05, 0) is 25.7 Å². The maximum absolute atomic E-state index is 9.94. The molecule has 78 valence electrons. The minimum absolute atomic E-state index is 0. The first-order chi connectivity index (χ1) is 5.27. The monoisotopic (exact) mass is 212 g/mol. The van der Waals surface area contributed by atoms with Crippen LogP contribution < -0.4 is 34.7 Å². The van der Waals surface area contributed by atoms with Crippen LogP contribution in [0, 0.1) is 0 Å². The number of rotatable bonds is 6. The Kier molecular flexibility index (Phi) is 31.4. The zero-order valence-electron chi connectivity index (χ0n) is 8.58. The van der Waals surface area contributed by atoms with Crippen LogP contribution in [0.3, 0.4) is 0 Å². The molecule has 14 heavy (non-hydrogen) atoms. The van der Waals surface area contributed by atoms with E-state index >= 15 is 0 Å². The SMILES string of the molecule is C=CC=CCCCCC(=O)[O-].O.O.[Na+]. The van der Waals surface area contributed by atoms with E-state index in [2.05, 4.69) is 6.58 Å². The van der Waals surface area contributed by atoms with Gasteiger partial charge in [0, 0.05) is 5.97 Å². The first-order valence-corrected chi connectivity index (χ1v) is 3.74. The fourth-order valence-corrected chi connectivity index (χ4v) is 0.724. The second-order valence-corrected chi connectivity index (χ2v) is 2.28. The summed E-state index contributed by atoms with van der Waals surface area (Å²) in [6.07, 6.45) is 8.23. The zero-order chi connectivity index (χ0) is 8.53. The molecule has 0 fully saturated rings. The number of carboxylic acid groups (broad SMARTS) is 1. The van der Waals surface area contributed by atoms with Crippen LogP contribution in [0.5, 0.6) is 0 Å². The smallest absolute Gasteiger partial charge is 0.550 e. The molecule has 0 aliphatic carbocycles. The Labute approximate surface area is 107 Å². The molecule has 0 aliphatic rings. The van der Waals surface area contributed by atoms with E-state index in [-0.39, 0.29) is 46.9 Å². The number of hydrogen-bond acceptors (Lipinski definition) is 2. The van der Waals surface area contributed by atoms with E-state index in [4.69, 9.17) is 0 Å². The number of allylic oxidation sites excluding steroid dienone is 3. The first kappa shape index (κ1) is 23.6. The van der Waals surface area contributed by atoms with Crippen molar-refractivity contribution in [3.8, 4) is 0 Å². The van der Waals surface area contributed by atoms with Gasteiger partial charge in [0.2, 0.25) is 0 Å². The van der Waals surface area contributed by atoms with Crippen LogP contribution in [-0.2, 0) is 4.79 Å². The predicted molar refractivity (Wildman–Crippen MR) is 50.0 cm³/mol. The molecule has 0 aliphatic heterocycles. The normalized spacial score (nSPS) is 8.00. The van der Waals surface area contributed by atoms with Gasteiger partial charge in [0.05, 0.1) is 0 Å². The topological polar surface area (TPSA) is 103 Å². The molecule has 0 saturated carbocycles. The third-order valence-corrected chi connectivity index (χ3v) is 1.27. The molecular weight excluding hydrogens is 195 g/mol. The molecule has 0 amide bonds. The maximum Gasteiger partial charge on any atom is 1.00 e. The molecule has 0 rings (SSSR count). The van der Waals surface area contributed by atoms with Crippen molar-refractivity contribution in [1.82, 2.24) is 0 Å². The van der Waals surface area contributed by atoms with E-state index in [0.29, 0.717) is 6.42 Å². The van der Waals surface area contributed by atoms with Crippen LogP contribution in [0.25, 0.3) is 0 Å². The fourth-order valence-electron chi connectivity index (χ4n) is 0.724.